The Bertz CT molecular complexity index is 689. The van der Waals surface area contributed by atoms with E-state index in [1.54, 1.807) is 41.1 Å². The molecule has 5 nitrogen and oxygen atoms in total. The van der Waals surface area contributed by atoms with Crippen LogP contribution in [0.4, 0.5) is 0 Å². The highest BCUT2D eigenvalue weighted by Crippen LogP contribution is 2.29. The van der Waals surface area contributed by atoms with E-state index in [9.17, 15) is 9.59 Å². The van der Waals surface area contributed by atoms with Crippen LogP contribution < -0.4 is 9.47 Å². The highest BCUT2D eigenvalue weighted by Gasteiger charge is 2.12. The molecular weight excluding hydrogens is 304 g/mol. The van der Waals surface area contributed by atoms with E-state index in [-0.39, 0.29) is 0 Å². The van der Waals surface area contributed by atoms with E-state index >= 15 is 0 Å². The molecule has 2 aromatic rings. The maximum Gasteiger partial charge on any atom is 0.344 e. The minimum absolute atomic E-state index is 0.314. The van der Waals surface area contributed by atoms with Crippen LogP contribution in [0, 0.1) is 0 Å². The van der Waals surface area contributed by atoms with E-state index < -0.39 is 11.9 Å². The second-order valence-electron chi connectivity index (χ2n) is 4.17. The number of rotatable bonds is 5. The fraction of sp³-hybridized carbons (Fsp3) is 0.125. The van der Waals surface area contributed by atoms with Crippen molar-refractivity contribution in [2.45, 2.75) is 0 Å². The average molecular weight is 318 g/mol. The second-order valence-corrected chi connectivity index (χ2v) is 4.95. The lowest BCUT2D eigenvalue weighted by Crippen LogP contribution is -2.08. The van der Waals surface area contributed by atoms with E-state index in [1.807, 2.05) is 0 Å². The number of methoxy groups -OCH3 is 2. The van der Waals surface area contributed by atoms with Crippen LogP contribution in [-0.2, 0) is 9.53 Å². The predicted octanol–water partition coefficient (Wildman–Crippen LogP) is 3.16. The Hall–Kier alpha value is -2.60. The fourth-order valence-corrected chi connectivity index (χ4v) is 2.27. The molecule has 0 radical (unpaired) electrons. The summed E-state index contributed by atoms with van der Waals surface area (Å²) >= 11 is 1.42. The molecule has 0 aliphatic rings. The Morgan fingerprint density at radius 1 is 1.14 bits per heavy atom. The maximum atomic E-state index is 11.9. The lowest BCUT2D eigenvalue weighted by Gasteiger charge is -2.09. The number of thiophene rings is 1. The number of esters is 2. The molecule has 1 aromatic heterocycles. The molecule has 0 atom stereocenters. The van der Waals surface area contributed by atoms with Gasteiger partial charge in [-0.15, -0.1) is 0 Å². The lowest BCUT2D eigenvalue weighted by atomic mass is 10.2. The molecule has 0 aliphatic heterocycles. The molecule has 1 heterocycles. The van der Waals surface area contributed by atoms with E-state index in [0.29, 0.717) is 17.1 Å². The van der Waals surface area contributed by atoms with Gasteiger partial charge < -0.3 is 14.2 Å². The number of carbonyl (C=O) groups is 2. The minimum Gasteiger partial charge on any atom is -0.493 e. The van der Waals surface area contributed by atoms with Gasteiger partial charge in [0.1, 0.15) is 0 Å². The molecule has 0 bridgehead atoms. The van der Waals surface area contributed by atoms with Crippen LogP contribution in [0.5, 0.6) is 11.5 Å². The molecule has 0 saturated carbocycles. The summed E-state index contributed by atoms with van der Waals surface area (Å²) in [6.45, 7) is 0. The average Bonchev–Trinajstić information content (AvgIpc) is 3.08. The number of ether oxygens (including phenoxy) is 3. The van der Waals surface area contributed by atoms with Gasteiger partial charge in [0.15, 0.2) is 11.5 Å². The number of hydrogen-bond acceptors (Lipinski definition) is 6. The van der Waals surface area contributed by atoms with Crippen molar-refractivity contribution < 1.29 is 23.8 Å². The fourth-order valence-electron chi connectivity index (χ4n) is 1.64. The molecule has 0 spiro atoms. The van der Waals surface area contributed by atoms with Gasteiger partial charge in [0, 0.05) is 11.5 Å². The Balaban J connectivity index is 2.17. The van der Waals surface area contributed by atoms with Crippen molar-refractivity contribution in [1.29, 1.82) is 0 Å². The Labute approximate surface area is 131 Å². The van der Waals surface area contributed by atoms with Gasteiger partial charge in [-0.2, -0.15) is 11.3 Å². The van der Waals surface area contributed by atoms with Gasteiger partial charge in [0.05, 0.1) is 19.8 Å². The first-order chi connectivity index (χ1) is 10.6. The van der Waals surface area contributed by atoms with Crippen LogP contribution >= 0.6 is 11.3 Å². The summed E-state index contributed by atoms with van der Waals surface area (Å²) in [5, 5.41) is 3.51. The summed E-state index contributed by atoms with van der Waals surface area (Å²) in [6.07, 6.45) is 2.88. The smallest absolute Gasteiger partial charge is 0.344 e. The van der Waals surface area contributed by atoms with Crippen molar-refractivity contribution in [2.75, 3.05) is 14.2 Å². The Morgan fingerprint density at radius 2 is 1.95 bits per heavy atom. The standard InChI is InChI=1S/C16H14O5S/c1-19-14-9-11(4-6-15(17)20-2)3-5-13(14)21-16(18)12-7-8-22-10-12/h3-10H,1-2H3/b6-4+. The summed E-state index contributed by atoms with van der Waals surface area (Å²) < 4.78 is 15.0. The first-order valence-electron chi connectivity index (χ1n) is 6.32. The largest absolute Gasteiger partial charge is 0.493 e. The highest BCUT2D eigenvalue weighted by atomic mass is 32.1. The molecule has 22 heavy (non-hydrogen) atoms. The van der Waals surface area contributed by atoms with Gasteiger partial charge in [-0.3, -0.25) is 0 Å². The zero-order valence-corrected chi connectivity index (χ0v) is 12.9. The van der Waals surface area contributed by atoms with Gasteiger partial charge in [-0.25, -0.2) is 9.59 Å². The van der Waals surface area contributed by atoms with Crippen LogP contribution in [0.15, 0.2) is 41.1 Å². The third kappa shape index (κ3) is 3.95. The zero-order valence-electron chi connectivity index (χ0n) is 12.1. The van der Waals surface area contributed by atoms with Gasteiger partial charge in [0.2, 0.25) is 0 Å². The van der Waals surface area contributed by atoms with Crippen molar-refractivity contribution in [3.8, 4) is 11.5 Å². The Morgan fingerprint density at radius 3 is 2.59 bits per heavy atom. The Kier molecular flexibility index (Phi) is 5.32. The van der Waals surface area contributed by atoms with Crippen LogP contribution in [0.25, 0.3) is 6.08 Å². The van der Waals surface area contributed by atoms with E-state index in [2.05, 4.69) is 4.74 Å². The molecule has 1 aromatic carbocycles. The number of benzene rings is 1. The van der Waals surface area contributed by atoms with Crippen molar-refractivity contribution in [2.24, 2.45) is 0 Å². The topological polar surface area (TPSA) is 61.8 Å². The van der Waals surface area contributed by atoms with Gasteiger partial charge in [-0.1, -0.05) is 6.07 Å². The quantitative estimate of drug-likeness (QED) is 0.481. The molecule has 0 amide bonds. The summed E-state index contributed by atoms with van der Waals surface area (Å²) in [5.74, 6) is -0.186. The van der Waals surface area contributed by atoms with Crippen molar-refractivity contribution >= 4 is 29.4 Å². The molecule has 0 aliphatic carbocycles. The van der Waals surface area contributed by atoms with E-state index in [0.717, 1.165) is 5.56 Å². The van der Waals surface area contributed by atoms with Crippen LogP contribution in [0.1, 0.15) is 15.9 Å². The third-order valence-corrected chi connectivity index (χ3v) is 3.44. The van der Waals surface area contributed by atoms with Gasteiger partial charge >= 0.3 is 11.9 Å². The molecular formula is C16H14O5S. The van der Waals surface area contributed by atoms with Gasteiger partial charge in [0.25, 0.3) is 0 Å². The number of carbonyl (C=O) groups excluding carboxylic acids is 2. The molecule has 0 fully saturated rings. The highest BCUT2D eigenvalue weighted by molar-refractivity contribution is 7.08. The second kappa shape index (κ2) is 7.42. The van der Waals surface area contributed by atoms with E-state index in [1.165, 1.54) is 31.6 Å². The van der Waals surface area contributed by atoms with Crippen LogP contribution in [0.2, 0.25) is 0 Å². The van der Waals surface area contributed by atoms with Crippen LogP contribution in [0.3, 0.4) is 0 Å². The summed E-state index contributed by atoms with van der Waals surface area (Å²) in [5.41, 5.74) is 1.21. The zero-order chi connectivity index (χ0) is 15.9. The van der Waals surface area contributed by atoms with Crippen LogP contribution in [-0.4, -0.2) is 26.2 Å². The summed E-state index contributed by atoms with van der Waals surface area (Å²) in [7, 11) is 2.78. The molecule has 2 rings (SSSR count). The SMILES string of the molecule is COC(=O)/C=C/c1ccc(OC(=O)c2ccsc2)c(OC)c1. The monoisotopic (exact) mass is 318 g/mol. The predicted molar refractivity (Wildman–Crippen MR) is 83.3 cm³/mol. The summed E-state index contributed by atoms with van der Waals surface area (Å²) in [4.78, 5) is 23.0. The van der Waals surface area contributed by atoms with E-state index in [4.69, 9.17) is 9.47 Å². The maximum absolute atomic E-state index is 11.9. The first kappa shape index (κ1) is 15.8. The van der Waals surface area contributed by atoms with Gasteiger partial charge in [-0.05, 0) is 35.2 Å². The summed E-state index contributed by atoms with van der Waals surface area (Å²) in [6, 6.07) is 6.67. The normalized spacial score (nSPS) is 10.5. The lowest BCUT2D eigenvalue weighted by molar-refractivity contribution is -0.134. The number of hydrogen-bond donors (Lipinski definition) is 0. The first-order valence-corrected chi connectivity index (χ1v) is 7.26. The van der Waals surface area contributed by atoms with Crippen molar-refractivity contribution in [3.63, 3.8) is 0 Å². The molecule has 0 saturated heterocycles. The molecule has 0 N–H and O–H groups in total. The van der Waals surface area contributed by atoms with Crippen molar-refractivity contribution in [1.82, 2.24) is 0 Å². The third-order valence-electron chi connectivity index (χ3n) is 2.76. The van der Waals surface area contributed by atoms with Crippen molar-refractivity contribution in [3.05, 3.63) is 52.2 Å². The molecule has 6 heteroatoms. The minimum atomic E-state index is -0.452. The molecule has 114 valence electrons. The molecule has 0 unspecified atom stereocenters.